The van der Waals surface area contributed by atoms with Crippen molar-refractivity contribution in [1.29, 1.82) is 0 Å². The number of fused-ring (bicyclic) bond motifs is 1. The number of aliphatic hydroxyl groups is 1. The summed E-state index contributed by atoms with van der Waals surface area (Å²) in [6.07, 6.45) is 2.32. The van der Waals surface area contributed by atoms with Crippen molar-refractivity contribution in [3.05, 3.63) is 42.0 Å². The van der Waals surface area contributed by atoms with Gasteiger partial charge in [-0.2, -0.15) is 0 Å². The lowest BCUT2D eigenvalue weighted by Gasteiger charge is -2.14. The fourth-order valence-corrected chi connectivity index (χ4v) is 2.44. The minimum absolute atomic E-state index is 0.144. The zero-order valence-electron chi connectivity index (χ0n) is 12.7. The van der Waals surface area contributed by atoms with Crippen LogP contribution in [0.5, 0.6) is 5.75 Å². The Bertz CT molecular complexity index is 649. The van der Waals surface area contributed by atoms with Crippen LogP contribution in [-0.2, 0) is 0 Å². The summed E-state index contributed by atoms with van der Waals surface area (Å²) in [4.78, 5) is 0. The van der Waals surface area contributed by atoms with Gasteiger partial charge in [0.2, 0.25) is 0 Å². The second kappa shape index (κ2) is 7.71. The van der Waals surface area contributed by atoms with E-state index in [9.17, 15) is 0 Å². The fraction of sp³-hybridized carbons (Fsp3) is 0.368. The molecule has 21 heavy (non-hydrogen) atoms. The van der Waals surface area contributed by atoms with E-state index < -0.39 is 0 Å². The Labute approximate surface area is 126 Å². The number of aliphatic hydroxyl groups excluding tert-OH is 1. The van der Waals surface area contributed by atoms with Gasteiger partial charge in [0.1, 0.15) is 12.4 Å². The fourth-order valence-electron chi connectivity index (χ4n) is 2.44. The molecule has 0 aromatic heterocycles. The molecule has 110 valence electrons. The molecule has 0 aliphatic heterocycles. The van der Waals surface area contributed by atoms with Crippen LogP contribution in [0, 0.1) is 17.8 Å². The van der Waals surface area contributed by atoms with Crippen molar-refractivity contribution in [1.82, 2.24) is 0 Å². The largest absolute Gasteiger partial charge is 0.492 e. The van der Waals surface area contributed by atoms with Gasteiger partial charge in [0.15, 0.2) is 0 Å². The van der Waals surface area contributed by atoms with Crippen LogP contribution in [0.1, 0.15) is 32.3 Å². The van der Waals surface area contributed by atoms with E-state index in [0.717, 1.165) is 28.5 Å². The molecule has 0 saturated carbocycles. The van der Waals surface area contributed by atoms with Crippen LogP contribution >= 0.6 is 0 Å². The van der Waals surface area contributed by atoms with Crippen molar-refractivity contribution in [2.45, 2.75) is 26.7 Å². The van der Waals surface area contributed by atoms with Gasteiger partial charge in [0, 0.05) is 5.39 Å². The highest BCUT2D eigenvalue weighted by Crippen LogP contribution is 2.28. The number of hydrogen-bond acceptors (Lipinski definition) is 2. The second-order valence-electron chi connectivity index (χ2n) is 5.32. The van der Waals surface area contributed by atoms with Gasteiger partial charge in [-0.3, -0.25) is 0 Å². The van der Waals surface area contributed by atoms with E-state index in [4.69, 9.17) is 9.84 Å². The molecule has 0 fully saturated rings. The molecule has 1 atom stereocenters. The molecule has 0 radical (unpaired) electrons. The normalized spacial score (nSPS) is 11.8. The van der Waals surface area contributed by atoms with Gasteiger partial charge < -0.3 is 9.84 Å². The topological polar surface area (TPSA) is 29.5 Å². The van der Waals surface area contributed by atoms with Crippen LogP contribution in [0.15, 0.2) is 36.4 Å². The predicted octanol–water partition coefficient (Wildman–Crippen LogP) is 4.00. The quantitative estimate of drug-likeness (QED) is 0.840. The monoisotopic (exact) mass is 282 g/mol. The van der Waals surface area contributed by atoms with E-state index in [1.54, 1.807) is 0 Å². The maximum atomic E-state index is 8.96. The smallest absolute Gasteiger partial charge is 0.135 e. The van der Waals surface area contributed by atoms with E-state index in [-0.39, 0.29) is 6.61 Å². The van der Waals surface area contributed by atoms with Crippen molar-refractivity contribution >= 4 is 10.8 Å². The lowest BCUT2D eigenvalue weighted by molar-refractivity contribution is 0.251. The number of hydrogen-bond donors (Lipinski definition) is 1. The molecule has 1 N–H and O–H groups in total. The van der Waals surface area contributed by atoms with E-state index >= 15 is 0 Å². The van der Waals surface area contributed by atoms with Crippen molar-refractivity contribution in [2.24, 2.45) is 5.92 Å². The van der Waals surface area contributed by atoms with Crippen LogP contribution in [0.25, 0.3) is 10.8 Å². The Morgan fingerprint density at radius 1 is 1.19 bits per heavy atom. The van der Waals surface area contributed by atoms with Crippen LogP contribution in [-0.4, -0.2) is 18.3 Å². The summed E-state index contributed by atoms with van der Waals surface area (Å²) in [5.41, 5.74) is 0.867. The standard InChI is InChI=1S/C19H22O2/c1-3-7-15(2)14-21-19-12-11-16-8-4-5-9-17(16)18(19)10-6-13-20/h4-5,8-9,11-12,15,20H,3,7,13-14H2,1-2H3. The third kappa shape index (κ3) is 4.00. The van der Waals surface area contributed by atoms with Gasteiger partial charge in [-0.15, -0.1) is 0 Å². The highest BCUT2D eigenvalue weighted by molar-refractivity contribution is 5.90. The molecule has 0 saturated heterocycles. The maximum absolute atomic E-state index is 8.96. The molecule has 2 nitrogen and oxygen atoms in total. The summed E-state index contributed by atoms with van der Waals surface area (Å²) in [5.74, 6) is 7.10. The van der Waals surface area contributed by atoms with E-state index in [0.29, 0.717) is 12.5 Å². The first-order valence-electron chi connectivity index (χ1n) is 7.50. The molecule has 2 rings (SSSR count). The minimum atomic E-state index is -0.144. The van der Waals surface area contributed by atoms with Gasteiger partial charge >= 0.3 is 0 Å². The molecule has 0 bridgehead atoms. The van der Waals surface area contributed by atoms with E-state index in [1.807, 2.05) is 24.3 Å². The zero-order chi connectivity index (χ0) is 15.1. The lowest BCUT2D eigenvalue weighted by Crippen LogP contribution is -2.09. The summed E-state index contributed by atoms with van der Waals surface area (Å²) < 4.78 is 5.97. The van der Waals surface area contributed by atoms with Gasteiger partial charge in [-0.05, 0) is 23.8 Å². The summed E-state index contributed by atoms with van der Waals surface area (Å²) in [6.45, 7) is 4.93. The van der Waals surface area contributed by atoms with Crippen LogP contribution < -0.4 is 4.74 Å². The first-order chi connectivity index (χ1) is 10.3. The van der Waals surface area contributed by atoms with E-state index in [2.05, 4.69) is 37.8 Å². The zero-order valence-corrected chi connectivity index (χ0v) is 12.7. The molecule has 0 aliphatic carbocycles. The maximum Gasteiger partial charge on any atom is 0.135 e. The Kier molecular flexibility index (Phi) is 5.66. The molecular formula is C19H22O2. The molecule has 2 heteroatoms. The molecular weight excluding hydrogens is 260 g/mol. The van der Waals surface area contributed by atoms with Crippen molar-refractivity contribution in [2.75, 3.05) is 13.2 Å². The number of ether oxygens (including phenoxy) is 1. The Morgan fingerprint density at radius 3 is 2.76 bits per heavy atom. The van der Waals surface area contributed by atoms with Crippen LogP contribution in [0.2, 0.25) is 0 Å². The van der Waals surface area contributed by atoms with Crippen LogP contribution in [0.3, 0.4) is 0 Å². The molecule has 2 aromatic rings. The number of benzene rings is 2. The summed E-state index contributed by atoms with van der Waals surface area (Å²) in [6, 6.07) is 12.1. The first kappa shape index (κ1) is 15.4. The molecule has 0 aliphatic rings. The predicted molar refractivity (Wildman–Crippen MR) is 87.5 cm³/mol. The Balaban J connectivity index is 2.33. The highest BCUT2D eigenvalue weighted by Gasteiger charge is 2.08. The van der Waals surface area contributed by atoms with Crippen LogP contribution in [0.4, 0.5) is 0 Å². The molecule has 2 aromatic carbocycles. The third-order valence-corrected chi connectivity index (χ3v) is 3.49. The second-order valence-corrected chi connectivity index (χ2v) is 5.32. The van der Waals surface area contributed by atoms with Gasteiger partial charge in [0.05, 0.1) is 12.2 Å². The van der Waals surface area contributed by atoms with Gasteiger partial charge in [-0.1, -0.05) is 62.4 Å². The highest BCUT2D eigenvalue weighted by atomic mass is 16.5. The Morgan fingerprint density at radius 2 is 2.00 bits per heavy atom. The van der Waals surface area contributed by atoms with Crippen molar-refractivity contribution in [3.8, 4) is 17.6 Å². The van der Waals surface area contributed by atoms with Gasteiger partial charge in [-0.25, -0.2) is 0 Å². The molecule has 1 unspecified atom stereocenters. The molecule has 0 spiro atoms. The van der Waals surface area contributed by atoms with Crippen molar-refractivity contribution in [3.63, 3.8) is 0 Å². The van der Waals surface area contributed by atoms with Gasteiger partial charge in [0.25, 0.3) is 0 Å². The average molecular weight is 282 g/mol. The summed E-state index contributed by atoms with van der Waals surface area (Å²) in [5, 5.41) is 11.2. The Hall–Kier alpha value is -1.98. The van der Waals surface area contributed by atoms with E-state index in [1.165, 1.54) is 6.42 Å². The van der Waals surface area contributed by atoms with Crippen molar-refractivity contribution < 1.29 is 9.84 Å². The minimum Gasteiger partial charge on any atom is -0.492 e. The number of rotatable bonds is 5. The molecule has 0 heterocycles. The lowest BCUT2D eigenvalue weighted by atomic mass is 10.0. The SMILES string of the molecule is CCCC(C)COc1ccc2ccccc2c1C#CCO. The molecule has 0 amide bonds. The third-order valence-electron chi connectivity index (χ3n) is 3.49. The first-order valence-corrected chi connectivity index (χ1v) is 7.50. The summed E-state index contributed by atoms with van der Waals surface area (Å²) in [7, 11) is 0. The summed E-state index contributed by atoms with van der Waals surface area (Å²) >= 11 is 0. The average Bonchev–Trinajstić information content (AvgIpc) is 2.51.